The molecule has 0 atom stereocenters. The minimum atomic E-state index is -0.0933. The van der Waals surface area contributed by atoms with Crippen molar-refractivity contribution >= 4 is 16.8 Å². The van der Waals surface area contributed by atoms with Gasteiger partial charge in [-0.05, 0) is 30.2 Å². The van der Waals surface area contributed by atoms with Gasteiger partial charge >= 0.3 is 0 Å². The maximum absolute atomic E-state index is 12.6. The summed E-state index contributed by atoms with van der Waals surface area (Å²) in [6.45, 7) is 0.997. The van der Waals surface area contributed by atoms with Crippen molar-refractivity contribution in [2.75, 3.05) is 6.54 Å². The Morgan fingerprint density at radius 1 is 0.957 bits per heavy atom. The first kappa shape index (κ1) is 13.8. The third kappa shape index (κ3) is 2.32. The van der Waals surface area contributed by atoms with E-state index in [9.17, 15) is 9.59 Å². The van der Waals surface area contributed by atoms with Gasteiger partial charge in [0.15, 0.2) is 0 Å². The molecule has 114 valence electrons. The van der Waals surface area contributed by atoms with Crippen LogP contribution in [0.3, 0.4) is 0 Å². The molecule has 1 N–H and O–H groups in total. The van der Waals surface area contributed by atoms with E-state index in [0.29, 0.717) is 30.6 Å². The van der Waals surface area contributed by atoms with Crippen LogP contribution in [0.2, 0.25) is 0 Å². The van der Waals surface area contributed by atoms with Gasteiger partial charge in [0.25, 0.3) is 11.5 Å². The van der Waals surface area contributed by atoms with Crippen molar-refractivity contribution in [3.05, 3.63) is 81.6 Å². The van der Waals surface area contributed by atoms with E-state index in [1.165, 1.54) is 0 Å². The minimum absolute atomic E-state index is 0.0243. The van der Waals surface area contributed by atoms with Gasteiger partial charge in [-0.2, -0.15) is 0 Å². The molecule has 3 aromatic rings. The zero-order valence-electron chi connectivity index (χ0n) is 12.6. The van der Waals surface area contributed by atoms with Gasteiger partial charge in [-0.25, -0.2) is 0 Å². The van der Waals surface area contributed by atoms with Gasteiger partial charge in [0.05, 0.1) is 6.54 Å². The highest BCUT2D eigenvalue weighted by Crippen LogP contribution is 2.24. The summed E-state index contributed by atoms with van der Waals surface area (Å²) in [5, 5.41) is 1.08. The average Bonchev–Trinajstić information content (AvgIpc) is 2.62. The van der Waals surface area contributed by atoms with Crippen molar-refractivity contribution < 1.29 is 4.79 Å². The van der Waals surface area contributed by atoms with Gasteiger partial charge in [-0.1, -0.05) is 36.4 Å². The molecule has 4 rings (SSSR count). The Kier molecular flexibility index (Phi) is 3.23. The summed E-state index contributed by atoms with van der Waals surface area (Å²) >= 11 is 0. The Hall–Kier alpha value is -2.88. The van der Waals surface area contributed by atoms with E-state index in [4.69, 9.17) is 0 Å². The van der Waals surface area contributed by atoms with Crippen LogP contribution in [0.5, 0.6) is 0 Å². The Morgan fingerprint density at radius 3 is 2.52 bits per heavy atom. The van der Waals surface area contributed by atoms with Gasteiger partial charge < -0.3 is 9.88 Å². The molecule has 0 unspecified atom stereocenters. The second-order valence-electron chi connectivity index (χ2n) is 5.80. The fourth-order valence-corrected chi connectivity index (χ4v) is 3.26. The van der Waals surface area contributed by atoms with E-state index in [-0.39, 0.29) is 11.5 Å². The molecular formula is C19H16N2O2. The molecule has 1 aliphatic rings. The van der Waals surface area contributed by atoms with E-state index in [1.807, 2.05) is 54.6 Å². The molecule has 2 aromatic carbocycles. The standard InChI is InChI=1S/C19H16N2O2/c22-18-16-12-21(19(23)13-6-2-1-3-7-13)11-10-14(16)15-8-4-5-9-17(15)20-18/h1-9H,10-12H2,(H,20,22). The molecule has 0 spiro atoms. The first-order valence-electron chi connectivity index (χ1n) is 7.71. The summed E-state index contributed by atoms with van der Waals surface area (Å²) in [5.41, 5.74) is 3.21. The van der Waals surface area contributed by atoms with Crippen LogP contribution in [-0.2, 0) is 13.0 Å². The molecule has 1 aromatic heterocycles. The number of H-pyrrole nitrogens is 1. The van der Waals surface area contributed by atoms with Crippen LogP contribution in [0.25, 0.3) is 10.9 Å². The van der Waals surface area contributed by atoms with Crippen LogP contribution in [0.1, 0.15) is 21.5 Å². The van der Waals surface area contributed by atoms with Gasteiger partial charge in [0.1, 0.15) is 0 Å². The van der Waals surface area contributed by atoms with E-state index < -0.39 is 0 Å². The van der Waals surface area contributed by atoms with E-state index in [1.54, 1.807) is 4.90 Å². The minimum Gasteiger partial charge on any atom is -0.334 e. The van der Waals surface area contributed by atoms with Crippen LogP contribution in [0, 0.1) is 0 Å². The number of nitrogens with one attached hydrogen (secondary N) is 1. The lowest BCUT2D eigenvalue weighted by atomic mass is 9.96. The number of aromatic nitrogens is 1. The molecule has 4 heteroatoms. The molecule has 1 aliphatic heterocycles. The molecular weight excluding hydrogens is 288 g/mol. The van der Waals surface area contributed by atoms with Crippen molar-refractivity contribution in [2.45, 2.75) is 13.0 Å². The number of rotatable bonds is 1. The summed E-state index contributed by atoms with van der Waals surface area (Å²) in [4.78, 5) is 29.7. The number of carbonyl (C=O) groups excluding carboxylic acids is 1. The van der Waals surface area contributed by atoms with Crippen LogP contribution in [0.15, 0.2) is 59.4 Å². The molecule has 0 fully saturated rings. The fraction of sp³-hybridized carbons (Fsp3) is 0.158. The van der Waals surface area contributed by atoms with Gasteiger partial charge in [0.2, 0.25) is 0 Å². The number of carbonyl (C=O) groups is 1. The SMILES string of the molecule is O=C(c1ccccc1)N1CCc2c(c(=O)[nH]c3ccccc23)C1. The Bertz CT molecular complexity index is 944. The van der Waals surface area contributed by atoms with Crippen molar-refractivity contribution in [1.29, 1.82) is 0 Å². The lowest BCUT2D eigenvalue weighted by Gasteiger charge is -2.29. The van der Waals surface area contributed by atoms with Crippen molar-refractivity contribution in [2.24, 2.45) is 0 Å². The molecule has 0 saturated carbocycles. The molecule has 1 amide bonds. The largest absolute Gasteiger partial charge is 0.334 e. The van der Waals surface area contributed by atoms with E-state index in [0.717, 1.165) is 16.5 Å². The maximum Gasteiger partial charge on any atom is 0.254 e. The predicted molar refractivity (Wildman–Crippen MR) is 89.5 cm³/mol. The second kappa shape index (κ2) is 5.39. The number of nitrogens with zero attached hydrogens (tertiary/aromatic N) is 1. The van der Waals surface area contributed by atoms with E-state index >= 15 is 0 Å². The average molecular weight is 304 g/mol. The van der Waals surface area contributed by atoms with Gasteiger partial charge in [-0.3, -0.25) is 9.59 Å². The number of hydrogen-bond acceptors (Lipinski definition) is 2. The summed E-state index contributed by atoms with van der Waals surface area (Å²) in [7, 11) is 0. The van der Waals surface area contributed by atoms with Crippen LogP contribution in [0.4, 0.5) is 0 Å². The van der Waals surface area contributed by atoms with Crippen LogP contribution in [-0.4, -0.2) is 22.3 Å². The summed E-state index contributed by atoms with van der Waals surface area (Å²) < 4.78 is 0. The van der Waals surface area contributed by atoms with Crippen molar-refractivity contribution in [1.82, 2.24) is 9.88 Å². The fourth-order valence-electron chi connectivity index (χ4n) is 3.26. The summed E-state index contributed by atoms with van der Waals surface area (Å²) in [6, 6.07) is 17.0. The highest BCUT2D eigenvalue weighted by Gasteiger charge is 2.25. The number of hydrogen-bond donors (Lipinski definition) is 1. The molecule has 4 nitrogen and oxygen atoms in total. The zero-order chi connectivity index (χ0) is 15.8. The topological polar surface area (TPSA) is 53.2 Å². The number of pyridine rings is 1. The normalized spacial score (nSPS) is 13.8. The lowest BCUT2D eigenvalue weighted by molar-refractivity contribution is 0.0734. The maximum atomic E-state index is 12.6. The van der Waals surface area contributed by atoms with Crippen LogP contribution < -0.4 is 5.56 Å². The number of aromatic amines is 1. The number of para-hydroxylation sites is 1. The number of benzene rings is 2. The Morgan fingerprint density at radius 2 is 1.70 bits per heavy atom. The molecule has 0 radical (unpaired) electrons. The molecule has 0 aliphatic carbocycles. The van der Waals surface area contributed by atoms with Crippen molar-refractivity contribution in [3.8, 4) is 0 Å². The molecule has 23 heavy (non-hydrogen) atoms. The summed E-state index contributed by atoms with van der Waals surface area (Å²) in [5.74, 6) is -0.0243. The molecule has 2 heterocycles. The van der Waals surface area contributed by atoms with Gasteiger partial charge in [-0.15, -0.1) is 0 Å². The Labute approximate surface area is 133 Å². The Balaban J connectivity index is 1.74. The monoisotopic (exact) mass is 304 g/mol. The third-order valence-corrected chi connectivity index (χ3v) is 4.43. The van der Waals surface area contributed by atoms with Crippen molar-refractivity contribution in [3.63, 3.8) is 0 Å². The van der Waals surface area contributed by atoms with Crippen LogP contribution >= 0.6 is 0 Å². The first-order valence-corrected chi connectivity index (χ1v) is 7.71. The lowest BCUT2D eigenvalue weighted by Crippen LogP contribution is -2.39. The predicted octanol–water partition coefficient (Wildman–Crippen LogP) is 2.73. The van der Waals surface area contributed by atoms with Gasteiger partial charge in [0, 0.05) is 28.6 Å². The first-order chi connectivity index (χ1) is 11.2. The van der Waals surface area contributed by atoms with E-state index in [2.05, 4.69) is 4.98 Å². The number of fused-ring (bicyclic) bond motifs is 3. The summed E-state index contributed by atoms with van der Waals surface area (Å²) in [6.07, 6.45) is 0.707. The quantitative estimate of drug-likeness (QED) is 0.751. The number of amides is 1. The molecule has 0 saturated heterocycles. The smallest absolute Gasteiger partial charge is 0.254 e. The second-order valence-corrected chi connectivity index (χ2v) is 5.80. The highest BCUT2D eigenvalue weighted by atomic mass is 16.2. The molecule has 0 bridgehead atoms. The zero-order valence-corrected chi connectivity index (χ0v) is 12.6. The highest BCUT2D eigenvalue weighted by molar-refractivity contribution is 5.94. The third-order valence-electron chi connectivity index (χ3n) is 4.43.